The molecule has 1 N–H and O–H groups in total. The fourth-order valence-electron chi connectivity index (χ4n) is 1.77. The van der Waals surface area contributed by atoms with E-state index in [1.165, 1.54) is 23.1 Å². The van der Waals surface area contributed by atoms with E-state index in [4.69, 9.17) is 4.74 Å². The Bertz CT molecular complexity index is 733. The lowest BCUT2D eigenvalue weighted by molar-refractivity contribution is 0.104. The molecule has 5 nitrogen and oxygen atoms in total. The third kappa shape index (κ3) is 4.71. The quantitative estimate of drug-likeness (QED) is 0.694. The molecule has 0 bridgehead atoms. The van der Waals surface area contributed by atoms with Crippen LogP contribution in [0.25, 0.3) is 6.08 Å². The van der Waals surface area contributed by atoms with E-state index in [-0.39, 0.29) is 11.5 Å². The molecule has 0 unspecified atom stereocenters. The van der Waals surface area contributed by atoms with Crippen LogP contribution in [0.3, 0.4) is 0 Å². The van der Waals surface area contributed by atoms with Crippen molar-refractivity contribution in [1.82, 2.24) is 4.90 Å². The average molecular weight is 311 g/mol. The van der Waals surface area contributed by atoms with Gasteiger partial charge in [-0.25, -0.2) is 4.79 Å². The number of ketones is 1. The van der Waals surface area contributed by atoms with E-state index in [0.717, 1.165) is 5.56 Å². The smallest absolute Gasteiger partial charge is 0.414 e. The summed E-state index contributed by atoms with van der Waals surface area (Å²) in [5.41, 5.74) is 1.22. The van der Waals surface area contributed by atoms with Gasteiger partial charge in [-0.05, 0) is 48.0 Å². The van der Waals surface area contributed by atoms with Crippen molar-refractivity contribution < 1.29 is 19.4 Å². The van der Waals surface area contributed by atoms with Crippen molar-refractivity contribution >= 4 is 18.0 Å². The number of phenolic OH excluding ortho intramolecular Hbond substituents is 1. The van der Waals surface area contributed by atoms with Crippen LogP contribution < -0.4 is 4.74 Å². The van der Waals surface area contributed by atoms with Crippen molar-refractivity contribution in [3.8, 4) is 11.5 Å². The standard InChI is InChI=1S/C18H17NO4/c1-19(2)18(22)23-16-5-3-4-13(12-16)6-11-17(21)14-7-9-15(20)10-8-14/h3-12,20H,1-2H3/b11-6+. The first kappa shape index (κ1) is 16.3. The highest BCUT2D eigenvalue weighted by molar-refractivity contribution is 6.06. The Kier molecular flexibility index (Phi) is 5.15. The molecule has 0 atom stereocenters. The molecule has 0 aliphatic rings. The number of hydrogen-bond donors (Lipinski definition) is 1. The lowest BCUT2D eigenvalue weighted by atomic mass is 10.1. The van der Waals surface area contributed by atoms with E-state index in [0.29, 0.717) is 11.3 Å². The maximum absolute atomic E-state index is 12.0. The molecule has 118 valence electrons. The molecule has 0 saturated heterocycles. The molecular weight excluding hydrogens is 294 g/mol. The molecule has 0 spiro atoms. The van der Waals surface area contributed by atoms with Gasteiger partial charge in [0.2, 0.25) is 0 Å². The number of ether oxygens (including phenoxy) is 1. The molecule has 5 heteroatoms. The van der Waals surface area contributed by atoms with Gasteiger partial charge in [0, 0.05) is 19.7 Å². The molecule has 2 aromatic rings. The highest BCUT2D eigenvalue weighted by Crippen LogP contribution is 2.16. The largest absolute Gasteiger partial charge is 0.508 e. The molecule has 0 aliphatic carbocycles. The second-order valence-corrected chi connectivity index (χ2v) is 5.08. The summed E-state index contributed by atoms with van der Waals surface area (Å²) in [5, 5.41) is 9.21. The Morgan fingerprint density at radius 1 is 1.09 bits per heavy atom. The van der Waals surface area contributed by atoms with Crippen LogP contribution in [0.1, 0.15) is 15.9 Å². The zero-order valence-corrected chi connectivity index (χ0v) is 12.9. The monoisotopic (exact) mass is 311 g/mol. The van der Waals surface area contributed by atoms with Gasteiger partial charge in [-0.3, -0.25) is 4.79 Å². The van der Waals surface area contributed by atoms with Gasteiger partial charge in [-0.1, -0.05) is 18.2 Å². The van der Waals surface area contributed by atoms with Gasteiger partial charge < -0.3 is 14.7 Å². The second-order valence-electron chi connectivity index (χ2n) is 5.08. The van der Waals surface area contributed by atoms with Gasteiger partial charge in [0.1, 0.15) is 11.5 Å². The summed E-state index contributed by atoms with van der Waals surface area (Å²) in [5.74, 6) is 0.338. The van der Waals surface area contributed by atoms with E-state index >= 15 is 0 Å². The van der Waals surface area contributed by atoms with Gasteiger partial charge in [-0.2, -0.15) is 0 Å². The van der Waals surface area contributed by atoms with Crippen LogP contribution in [0.15, 0.2) is 54.6 Å². The molecule has 1 amide bonds. The van der Waals surface area contributed by atoms with E-state index in [1.54, 1.807) is 56.6 Å². The lowest BCUT2D eigenvalue weighted by Crippen LogP contribution is -2.25. The fraction of sp³-hybridized carbons (Fsp3) is 0.111. The van der Waals surface area contributed by atoms with Crippen molar-refractivity contribution in [2.75, 3.05) is 14.1 Å². The number of allylic oxidation sites excluding steroid dienone is 1. The molecule has 0 radical (unpaired) electrons. The van der Waals surface area contributed by atoms with Crippen LogP contribution in [0.5, 0.6) is 11.5 Å². The van der Waals surface area contributed by atoms with Crippen molar-refractivity contribution in [3.05, 3.63) is 65.7 Å². The van der Waals surface area contributed by atoms with Gasteiger partial charge in [0.15, 0.2) is 5.78 Å². The van der Waals surface area contributed by atoms with Crippen molar-refractivity contribution in [2.45, 2.75) is 0 Å². The number of carbonyl (C=O) groups is 2. The summed E-state index contributed by atoms with van der Waals surface area (Å²) in [6, 6.07) is 12.9. The number of nitrogens with zero attached hydrogens (tertiary/aromatic N) is 1. The molecule has 0 heterocycles. The Labute approximate surface area is 134 Å². The Morgan fingerprint density at radius 3 is 2.43 bits per heavy atom. The summed E-state index contributed by atoms with van der Waals surface area (Å²) in [6.07, 6.45) is 2.60. The van der Waals surface area contributed by atoms with E-state index in [1.807, 2.05) is 0 Å². The lowest BCUT2D eigenvalue weighted by Gasteiger charge is -2.10. The minimum absolute atomic E-state index is 0.112. The van der Waals surface area contributed by atoms with Crippen LogP contribution in [-0.4, -0.2) is 36.0 Å². The van der Waals surface area contributed by atoms with Crippen LogP contribution in [0.2, 0.25) is 0 Å². The van der Waals surface area contributed by atoms with Crippen molar-refractivity contribution in [3.63, 3.8) is 0 Å². The SMILES string of the molecule is CN(C)C(=O)Oc1cccc(/C=C/C(=O)c2ccc(O)cc2)c1. The predicted octanol–water partition coefficient (Wildman–Crippen LogP) is 3.35. The summed E-state index contributed by atoms with van der Waals surface area (Å²) in [7, 11) is 3.20. The zero-order chi connectivity index (χ0) is 16.8. The number of rotatable bonds is 4. The Hall–Kier alpha value is -3.08. The van der Waals surface area contributed by atoms with Crippen molar-refractivity contribution in [2.24, 2.45) is 0 Å². The normalized spacial score (nSPS) is 10.5. The first-order valence-electron chi connectivity index (χ1n) is 6.96. The average Bonchev–Trinajstić information content (AvgIpc) is 2.53. The molecule has 23 heavy (non-hydrogen) atoms. The highest BCUT2D eigenvalue weighted by Gasteiger charge is 2.06. The van der Waals surface area contributed by atoms with Crippen LogP contribution in [0.4, 0.5) is 4.79 Å². The van der Waals surface area contributed by atoms with Crippen LogP contribution in [0, 0.1) is 0 Å². The second kappa shape index (κ2) is 7.26. The van der Waals surface area contributed by atoms with Gasteiger partial charge >= 0.3 is 6.09 Å². The molecule has 0 aromatic heterocycles. The third-order valence-electron chi connectivity index (χ3n) is 3.01. The first-order valence-corrected chi connectivity index (χ1v) is 6.96. The maximum Gasteiger partial charge on any atom is 0.414 e. The Balaban J connectivity index is 2.09. The summed E-state index contributed by atoms with van der Waals surface area (Å²) >= 11 is 0. The van der Waals surface area contributed by atoms with Crippen LogP contribution >= 0.6 is 0 Å². The Morgan fingerprint density at radius 2 is 1.78 bits per heavy atom. The fourth-order valence-corrected chi connectivity index (χ4v) is 1.77. The van der Waals surface area contributed by atoms with Crippen molar-refractivity contribution in [1.29, 1.82) is 0 Å². The predicted molar refractivity (Wildman–Crippen MR) is 87.6 cm³/mol. The van der Waals surface area contributed by atoms with Gasteiger partial charge in [0.05, 0.1) is 0 Å². The zero-order valence-electron chi connectivity index (χ0n) is 12.9. The first-order chi connectivity index (χ1) is 11.0. The summed E-state index contributed by atoms with van der Waals surface area (Å²) in [6.45, 7) is 0. The van der Waals surface area contributed by atoms with Crippen LogP contribution in [-0.2, 0) is 0 Å². The molecule has 0 aliphatic heterocycles. The van der Waals surface area contributed by atoms with E-state index < -0.39 is 6.09 Å². The number of amides is 1. The number of carbonyl (C=O) groups excluding carboxylic acids is 2. The molecule has 2 rings (SSSR count). The topological polar surface area (TPSA) is 66.8 Å². The van der Waals surface area contributed by atoms with E-state index in [2.05, 4.69) is 0 Å². The number of aromatic hydroxyl groups is 1. The molecular formula is C18H17NO4. The minimum Gasteiger partial charge on any atom is -0.508 e. The molecule has 0 saturated carbocycles. The number of phenols is 1. The molecule has 2 aromatic carbocycles. The number of benzene rings is 2. The van der Waals surface area contributed by atoms with Gasteiger partial charge in [-0.15, -0.1) is 0 Å². The summed E-state index contributed by atoms with van der Waals surface area (Å²) in [4.78, 5) is 24.9. The molecule has 0 fully saturated rings. The van der Waals surface area contributed by atoms with E-state index in [9.17, 15) is 14.7 Å². The minimum atomic E-state index is -0.466. The number of hydrogen-bond acceptors (Lipinski definition) is 4. The van der Waals surface area contributed by atoms with Gasteiger partial charge in [0.25, 0.3) is 0 Å². The highest BCUT2D eigenvalue weighted by atomic mass is 16.6. The third-order valence-corrected chi connectivity index (χ3v) is 3.01. The maximum atomic E-state index is 12.0. The summed E-state index contributed by atoms with van der Waals surface area (Å²) < 4.78 is 5.16.